The van der Waals surface area contributed by atoms with E-state index >= 15 is 0 Å². The summed E-state index contributed by atoms with van der Waals surface area (Å²) in [5.41, 5.74) is 2.13. The minimum absolute atomic E-state index is 0.0577. The molecule has 2 aromatic rings. The van der Waals surface area contributed by atoms with Gasteiger partial charge in [-0.05, 0) is 31.0 Å². The molecule has 0 saturated heterocycles. The van der Waals surface area contributed by atoms with Crippen LogP contribution in [-0.2, 0) is 13.1 Å². The van der Waals surface area contributed by atoms with E-state index in [0.29, 0.717) is 13.1 Å². The Labute approximate surface area is 125 Å². The van der Waals surface area contributed by atoms with E-state index in [4.69, 9.17) is 0 Å². The van der Waals surface area contributed by atoms with E-state index in [0.717, 1.165) is 11.1 Å². The molecule has 1 heterocycles. The number of urea groups is 1. The first kappa shape index (κ1) is 15.0. The number of carbonyl (C=O) groups is 1. The fraction of sp³-hybridized carbons (Fsp3) is 0.294. The van der Waals surface area contributed by atoms with Crippen LogP contribution in [0.2, 0.25) is 0 Å². The minimum atomic E-state index is -0.0577. The molecule has 0 aliphatic rings. The summed E-state index contributed by atoms with van der Waals surface area (Å²) < 4.78 is 0. The number of amides is 2. The molecule has 4 heteroatoms. The number of rotatable bonds is 5. The summed E-state index contributed by atoms with van der Waals surface area (Å²) in [4.78, 5) is 18.3. The molecule has 0 atom stereocenters. The smallest absolute Gasteiger partial charge is 0.318 e. The van der Waals surface area contributed by atoms with Gasteiger partial charge in [0.15, 0.2) is 0 Å². The quantitative estimate of drug-likeness (QED) is 0.916. The van der Waals surface area contributed by atoms with Gasteiger partial charge in [0.2, 0.25) is 0 Å². The van der Waals surface area contributed by atoms with E-state index in [-0.39, 0.29) is 12.1 Å². The zero-order chi connectivity index (χ0) is 15.1. The summed E-state index contributed by atoms with van der Waals surface area (Å²) in [5, 5.41) is 2.95. The molecule has 0 unspecified atom stereocenters. The third-order valence-corrected chi connectivity index (χ3v) is 3.01. The summed E-state index contributed by atoms with van der Waals surface area (Å²) in [6, 6.07) is 13.9. The van der Waals surface area contributed by atoms with E-state index in [9.17, 15) is 4.79 Å². The van der Waals surface area contributed by atoms with Crippen molar-refractivity contribution in [2.75, 3.05) is 0 Å². The Balaban J connectivity index is 2.12. The molecule has 4 nitrogen and oxygen atoms in total. The first-order valence-electron chi connectivity index (χ1n) is 7.13. The van der Waals surface area contributed by atoms with Gasteiger partial charge >= 0.3 is 6.03 Å². The van der Waals surface area contributed by atoms with Crippen LogP contribution in [0.25, 0.3) is 0 Å². The second-order valence-corrected chi connectivity index (χ2v) is 5.31. The topological polar surface area (TPSA) is 45.2 Å². The van der Waals surface area contributed by atoms with Gasteiger partial charge in [-0.2, -0.15) is 0 Å². The highest BCUT2D eigenvalue weighted by molar-refractivity contribution is 5.74. The first-order chi connectivity index (χ1) is 10.1. The average molecular weight is 283 g/mol. The molecule has 0 bridgehead atoms. The van der Waals surface area contributed by atoms with Gasteiger partial charge < -0.3 is 10.2 Å². The van der Waals surface area contributed by atoms with Gasteiger partial charge in [-0.1, -0.05) is 36.4 Å². The predicted octanol–water partition coefficient (Wildman–Crippen LogP) is 3.20. The lowest BCUT2D eigenvalue weighted by Crippen LogP contribution is -2.42. The fourth-order valence-electron chi connectivity index (χ4n) is 2.05. The second kappa shape index (κ2) is 7.43. The third-order valence-electron chi connectivity index (χ3n) is 3.01. The lowest BCUT2D eigenvalue weighted by Gasteiger charge is -2.24. The standard InChI is InChI=1S/C17H21N3O/c1-14(2)19-17(21)20(12-15-7-4-3-5-8-15)13-16-9-6-10-18-11-16/h3-11,14H,12-13H2,1-2H3,(H,19,21). The molecule has 1 N–H and O–H groups in total. The van der Waals surface area contributed by atoms with Crippen LogP contribution in [0.3, 0.4) is 0 Å². The van der Waals surface area contributed by atoms with Gasteiger partial charge in [0, 0.05) is 31.5 Å². The summed E-state index contributed by atoms with van der Waals surface area (Å²) in [7, 11) is 0. The Kier molecular flexibility index (Phi) is 5.32. The van der Waals surface area contributed by atoms with Crippen LogP contribution in [0.1, 0.15) is 25.0 Å². The van der Waals surface area contributed by atoms with Crippen molar-refractivity contribution in [1.82, 2.24) is 15.2 Å². The number of nitrogens with one attached hydrogen (secondary N) is 1. The SMILES string of the molecule is CC(C)NC(=O)N(Cc1ccccc1)Cc1cccnc1. The van der Waals surface area contributed by atoms with Gasteiger partial charge in [-0.3, -0.25) is 4.98 Å². The minimum Gasteiger partial charge on any atom is -0.336 e. The number of pyridine rings is 1. The van der Waals surface area contributed by atoms with Crippen molar-refractivity contribution >= 4 is 6.03 Å². The Hall–Kier alpha value is -2.36. The summed E-state index contributed by atoms with van der Waals surface area (Å²) >= 11 is 0. The molecule has 0 aliphatic carbocycles. The largest absolute Gasteiger partial charge is 0.336 e. The molecule has 21 heavy (non-hydrogen) atoms. The van der Waals surface area contributed by atoms with Crippen molar-refractivity contribution in [1.29, 1.82) is 0 Å². The highest BCUT2D eigenvalue weighted by atomic mass is 16.2. The molecular weight excluding hydrogens is 262 g/mol. The van der Waals surface area contributed by atoms with Crippen LogP contribution >= 0.6 is 0 Å². The Morgan fingerprint density at radius 3 is 2.38 bits per heavy atom. The van der Waals surface area contributed by atoms with Crippen molar-refractivity contribution in [3.8, 4) is 0 Å². The Bertz CT molecular complexity index is 513. The predicted molar refractivity (Wildman–Crippen MR) is 83.6 cm³/mol. The van der Waals surface area contributed by atoms with Gasteiger partial charge in [0.1, 0.15) is 0 Å². The van der Waals surface area contributed by atoms with Crippen LogP contribution in [0.5, 0.6) is 0 Å². The van der Waals surface area contributed by atoms with E-state index in [1.54, 1.807) is 17.3 Å². The Morgan fingerprint density at radius 2 is 1.76 bits per heavy atom. The number of nitrogens with zero attached hydrogens (tertiary/aromatic N) is 2. The van der Waals surface area contributed by atoms with Crippen molar-refractivity contribution in [2.24, 2.45) is 0 Å². The van der Waals surface area contributed by atoms with E-state index in [1.165, 1.54) is 0 Å². The number of hydrogen-bond acceptors (Lipinski definition) is 2. The van der Waals surface area contributed by atoms with Gasteiger partial charge in [-0.25, -0.2) is 4.79 Å². The summed E-state index contributed by atoms with van der Waals surface area (Å²) in [6.45, 7) is 5.04. The lowest BCUT2D eigenvalue weighted by molar-refractivity contribution is 0.189. The molecule has 2 amide bonds. The van der Waals surface area contributed by atoms with E-state index < -0.39 is 0 Å². The Morgan fingerprint density at radius 1 is 1.10 bits per heavy atom. The monoisotopic (exact) mass is 283 g/mol. The average Bonchev–Trinajstić information content (AvgIpc) is 2.48. The number of hydrogen-bond donors (Lipinski definition) is 1. The highest BCUT2D eigenvalue weighted by Gasteiger charge is 2.15. The van der Waals surface area contributed by atoms with Crippen molar-refractivity contribution in [3.05, 3.63) is 66.0 Å². The molecule has 2 rings (SSSR count). The lowest BCUT2D eigenvalue weighted by atomic mass is 10.2. The molecule has 1 aromatic heterocycles. The van der Waals surface area contributed by atoms with Crippen LogP contribution in [0.4, 0.5) is 4.79 Å². The molecule has 0 spiro atoms. The second-order valence-electron chi connectivity index (χ2n) is 5.31. The maximum absolute atomic E-state index is 12.4. The summed E-state index contributed by atoms with van der Waals surface area (Å²) in [5.74, 6) is 0. The van der Waals surface area contributed by atoms with Crippen LogP contribution < -0.4 is 5.32 Å². The summed E-state index contributed by atoms with van der Waals surface area (Å²) in [6.07, 6.45) is 3.53. The molecule has 1 aromatic carbocycles. The van der Waals surface area contributed by atoms with E-state index in [2.05, 4.69) is 10.3 Å². The number of aromatic nitrogens is 1. The third kappa shape index (κ3) is 4.91. The number of benzene rings is 1. The number of carbonyl (C=O) groups excluding carboxylic acids is 1. The molecule has 0 aliphatic heterocycles. The normalized spacial score (nSPS) is 10.4. The van der Waals surface area contributed by atoms with Gasteiger partial charge in [0.05, 0.1) is 0 Å². The molecule has 0 saturated carbocycles. The van der Waals surface area contributed by atoms with Crippen LogP contribution in [-0.4, -0.2) is 22.0 Å². The maximum Gasteiger partial charge on any atom is 0.318 e. The van der Waals surface area contributed by atoms with Crippen molar-refractivity contribution in [3.63, 3.8) is 0 Å². The van der Waals surface area contributed by atoms with Gasteiger partial charge in [-0.15, -0.1) is 0 Å². The van der Waals surface area contributed by atoms with Gasteiger partial charge in [0.25, 0.3) is 0 Å². The molecule has 0 radical (unpaired) electrons. The zero-order valence-electron chi connectivity index (χ0n) is 12.5. The van der Waals surface area contributed by atoms with Crippen LogP contribution in [0.15, 0.2) is 54.9 Å². The zero-order valence-corrected chi connectivity index (χ0v) is 12.5. The molecular formula is C17H21N3O. The van der Waals surface area contributed by atoms with Crippen LogP contribution in [0, 0.1) is 0 Å². The molecule has 110 valence electrons. The fourth-order valence-corrected chi connectivity index (χ4v) is 2.05. The highest BCUT2D eigenvalue weighted by Crippen LogP contribution is 2.09. The molecule has 0 fully saturated rings. The van der Waals surface area contributed by atoms with Crippen molar-refractivity contribution < 1.29 is 4.79 Å². The van der Waals surface area contributed by atoms with Crippen molar-refractivity contribution in [2.45, 2.75) is 33.0 Å². The first-order valence-corrected chi connectivity index (χ1v) is 7.13. The van der Waals surface area contributed by atoms with E-state index in [1.807, 2.05) is 56.3 Å². The maximum atomic E-state index is 12.4.